The summed E-state index contributed by atoms with van der Waals surface area (Å²) in [4.78, 5) is 29.3. The number of amides is 1. The number of carbonyl (C=O) groups excluding carboxylic acids is 1. The third-order valence-corrected chi connectivity index (χ3v) is 5.66. The fourth-order valence-corrected chi connectivity index (χ4v) is 3.94. The van der Waals surface area contributed by atoms with Crippen LogP contribution in [0.3, 0.4) is 0 Å². The summed E-state index contributed by atoms with van der Waals surface area (Å²) in [5, 5.41) is 15.7. The zero-order chi connectivity index (χ0) is 26.0. The second-order valence-corrected chi connectivity index (χ2v) is 9.87. The molecule has 2 aromatic carbocycles. The maximum absolute atomic E-state index is 13.5. The molecule has 186 valence electrons. The van der Waals surface area contributed by atoms with Crippen molar-refractivity contribution in [1.82, 2.24) is 14.7 Å². The molecule has 4 aromatic rings. The van der Waals surface area contributed by atoms with Crippen LogP contribution < -0.4 is 10.6 Å². The van der Waals surface area contributed by atoms with Crippen LogP contribution in [0.1, 0.15) is 54.7 Å². The molecule has 8 heteroatoms. The van der Waals surface area contributed by atoms with Gasteiger partial charge < -0.3 is 15.7 Å². The van der Waals surface area contributed by atoms with Gasteiger partial charge in [0.25, 0.3) is 5.91 Å². The lowest BCUT2D eigenvalue weighted by molar-refractivity contribution is -0.137. The number of rotatable bonds is 7. The molecule has 0 aliphatic heterocycles. The van der Waals surface area contributed by atoms with Gasteiger partial charge in [-0.05, 0) is 69.7 Å². The molecule has 36 heavy (non-hydrogen) atoms. The highest BCUT2D eigenvalue weighted by molar-refractivity contribution is 5.96. The number of imidazole rings is 1. The third kappa shape index (κ3) is 5.71. The van der Waals surface area contributed by atoms with Crippen LogP contribution in [0.4, 0.5) is 10.2 Å². The number of carboxylic acids is 1. The Balaban J connectivity index is 1.70. The Kier molecular flexibility index (Phi) is 6.79. The van der Waals surface area contributed by atoms with Gasteiger partial charge in [-0.1, -0.05) is 29.8 Å². The Morgan fingerprint density at radius 3 is 2.33 bits per heavy atom. The first kappa shape index (κ1) is 24.9. The predicted molar refractivity (Wildman–Crippen MR) is 138 cm³/mol. The summed E-state index contributed by atoms with van der Waals surface area (Å²) in [7, 11) is 0. The second kappa shape index (κ2) is 9.81. The summed E-state index contributed by atoms with van der Waals surface area (Å²) >= 11 is 0. The van der Waals surface area contributed by atoms with E-state index in [4.69, 9.17) is 4.98 Å². The van der Waals surface area contributed by atoms with Gasteiger partial charge in [0.2, 0.25) is 0 Å². The third-order valence-electron chi connectivity index (χ3n) is 5.66. The number of aromatic nitrogens is 2. The monoisotopic (exact) mass is 488 g/mol. The normalized spacial score (nSPS) is 12.4. The molecule has 0 fully saturated rings. The molecule has 0 aliphatic carbocycles. The number of benzene rings is 2. The van der Waals surface area contributed by atoms with Gasteiger partial charge in [0.1, 0.15) is 23.0 Å². The molecule has 7 nitrogen and oxygen atoms in total. The zero-order valence-corrected chi connectivity index (χ0v) is 20.7. The topological polar surface area (TPSA) is 95.7 Å². The van der Waals surface area contributed by atoms with E-state index >= 15 is 0 Å². The molecule has 2 aromatic heterocycles. The van der Waals surface area contributed by atoms with Crippen molar-refractivity contribution in [3.63, 3.8) is 0 Å². The summed E-state index contributed by atoms with van der Waals surface area (Å²) in [6.45, 7) is 8.01. The highest BCUT2D eigenvalue weighted by Crippen LogP contribution is 2.31. The van der Waals surface area contributed by atoms with E-state index in [1.54, 1.807) is 30.5 Å². The number of hydrogen-bond acceptors (Lipinski definition) is 4. The van der Waals surface area contributed by atoms with E-state index < -0.39 is 17.9 Å². The van der Waals surface area contributed by atoms with Gasteiger partial charge in [-0.15, -0.1) is 0 Å². The molecule has 0 aliphatic rings. The second-order valence-electron chi connectivity index (χ2n) is 9.87. The quantitative estimate of drug-likeness (QED) is 0.315. The molecule has 0 bridgehead atoms. The number of nitrogens with zero attached hydrogens (tertiary/aromatic N) is 2. The summed E-state index contributed by atoms with van der Waals surface area (Å²) in [6.07, 6.45) is 1.51. The van der Waals surface area contributed by atoms with Gasteiger partial charge in [0.15, 0.2) is 0 Å². The number of fused-ring (bicyclic) bond motifs is 1. The Labute approximate surface area is 209 Å². The van der Waals surface area contributed by atoms with Crippen molar-refractivity contribution in [2.45, 2.75) is 45.7 Å². The molecule has 1 atom stereocenters. The lowest BCUT2D eigenvalue weighted by Gasteiger charge is -2.22. The molecular weight excluding hydrogens is 459 g/mol. The van der Waals surface area contributed by atoms with E-state index in [9.17, 15) is 19.1 Å². The van der Waals surface area contributed by atoms with Crippen molar-refractivity contribution < 1.29 is 19.1 Å². The van der Waals surface area contributed by atoms with Crippen molar-refractivity contribution in [2.24, 2.45) is 0 Å². The molecule has 4 rings (SSSR count). The van der Waals surface area contributed by atoms with Crippen LogP contribution in [0.15, 0.2) is 66.9 Å². The fourth-order valence-electron chi connectivity index (χ4n) is 3.94. The molecule has 0 spiro atoms. The first-order valence-corrected chi connectivity index (χ1v) is 11.7. The lowest BCUT2D eigenvalue weighted by Crippen LogP contribution is -2.30. The van der Waals surface area contributed by atoms with E-state index in [1.165, 1.54) is 12.1 Å². The number of halogens is 1. The highest BCUT2D eigenvalue weighted by Gasteiger charge is 2.22. The van der Waals surface area contributed by atoms with E-state index in [0.29, 0.717) is 22.5 Å². The van der Waals surface area contributed by atoms with Gasteiger partial charge in [0.05, 0.1) is 12.5 Å². The lowest BCUT2D eigenvalue weighted by atomic mass is 10.0. The first-order valence-electron chi connectivity index (χ1n) is 11.7. The summed E-state index contributed by atoms with van der Waals surface area (Å²) < 4.78 is 15.4. The summed E-state index contributed by atoms with van der Waals surface area (Å²) in [5.74, 6) is -1.02. The summed E-state index contributed by atoms with van der Waals surface area (Å²) in [6, 6.07) is 16.1. The number of carbonyl (C=O) groups is 2. The van der Waals surface area contributed by atoms with Crippen molar-refractivity contribution in [3.8, 4) is 11.3 Å². The van der Waals surface area contributed by atoms with Crippen LogP contribution in [-0.4, -0.2) is 31.9 Å². The van der Waals surface area contributed by atoms with Crippen molar-refractivity contribution in [3.05, 3.63) is 89.4 Å². The van der Waals surface area contributed by atoms with Gasteiger partial charge in [-0.25, -0.2) is 9.37 Å². The minimum absolute atomic E-state index is 0.241. The number of aryl methyl sites for hydroxylation is 1. The van der Waals surface area contributed by atoms with Gasteiger partial charge in [-0.2, -0.15) is 0 Å². The number of hydrogen-bond donors (Lipinski definition) is 3. The Hall–Kier alpha value is -4.20. The van der Waals surface area contributed by atoms with E-state index in [-0.39, 0.29) is 17.8 Å². The van der Waals surface area contributed by atoms with Crippen LogP contribution >= 0.6 is 0 Å². The Bertz CT molecular complexity index is 1400. The molecular formula is C28H29FN4O3. The van der Waals surface area contributed by atoms with E-state index in [0.717, 1.165) is 16.9 Å². The van der Waals surface area contributed by atoms with Gasteiger partial charge in [0, 0.05) is 22.9 Å². The summed E-state index contributed by atoms with van der Waals surface area (Å²) in [5.41, 5.74) is 3.72. The standard InChI is InChI=1S/C28H29FN4O3/c1-17-5-7-18(8-6-17)22(16-24(34)35)30-27(36)20-13-14-33-23(15-20)31-25(26(33)32-28(2,3)4)19-9-11-21(29)12-10-19/h5-15,22,32H,16H2,1-4H3,(H,30,36)(H,34,35). The maximum Gasteiger partial charge on any atom is 0.305 e. The molecule has 0 saturated heterocycles. The zero-order valence-electron chi connectivity index (χ0n) is 20.7. The van der Waals surface area contributed by atoms with Crippen LogP contribution in [0.2, 0.25) is 0 Å². The SMILES string of the molecule is Cc1ccc(C(CC(=O)O)NC(=O)c2ccn3c(NC(C)(C)C)c(-c4ccc(F)cc4)nc3c2)cc1. The van der Waals surface area contributed by atoms with E-state index in [1.807, 2.05) is 56.4 Å². The number of anilines is 1. The molecule has 3 N–H and O–H groups in total. The largest absolute Gasteiger partial charge is 0.481 e. The van der Waals surface area contributed by atoms with Crippen molar-refractivity contribution >= 4 is 23.3 Å². The van der Waals surface area contributed by atoms with Crippen molar-refractivity contribution in [2.75, 3.05) is 5.32 Å². The molecule has 1 unspecified atom stereocenters. The smallest absolute Gasteiger partial charge is 0.305 e. The van der Waals surface area contributed by atoms with Crippen LogP contribution in [0.5, 0.6) is 0 Å². The number of nitrogens with one attached hydrogen (secondary N) is 2. The molecule has 1 amide bonds. The number of carboxylic acid groups (broad SMARTS) is 1. The average Bonchev–Trinajstić information content (AvgIpc) is 3.15. The maximum atomic E-state index is 13.5. The van der Waals surface area contributed by atoms with Crippen molar-refractivity contribution in [1.29, 1.82) is 0 Å². The van der Waals surface area contributed by atoms with Crippen LogP contribution in [-0.2, 0) is 4.79 Å². The fraction of sp³-hybridized carbons (Fsp3) is 0.250. The Morgan fingerprint density at radius 1 is 1.06 bits per heavy atom. The molecule has 2 heterocycles. The minimum atomic E-state index is -1.01. The number of aliphatic carboxylic acids is 1. The van der Waals surface area contributed by atoms with Crippen LogP contribution in [0, 0.1) is 12.7 Å². The molecule has 0 saturated carbocycles. The van der Waals surface area contributed by atoms with Gasteiger partial charge >= 0.3 is 5.97 Å². The van der Waals surface area contributed by atoms with E-state index in [2.05, 4.69) is 10.6 Å². The minimum Gasteiger partial charge on any atom is -0.481 e. The first-order chi connectivity index (χ1) is 17.0. The Morgan fingerprint density at radius 2 is 1.72 bits per heavy atom. The predicted octanol–water partition coefficient (Wildman–Crippen LogP) is 5.61. The highest BCUT2D eigenvalue weighted by atomic mass is 19.1. The number of pyridine rings is 1. The average molecular weight is 489 g/mol. The van der Waals surface area contributed by atoms with Crippen LogP contribution in [0.25, 0.3) is 16.9 Å². The van der Waals surface area contributed by atoms with Gasteiger partial charge in [-0.3, -0.25) is 14.0 Å². The molecule has 0 radical (unpaired) electrons.